The van der Waals surface area contributed by atoms with E-state index in [4.69, 9.17) is 11.6 Å². The molecule has 2 aromatic carbocycles. The van der Waals surface area contributed by atoms with Crippen LogP contribution in [0, 0.1) is 5.82 Å². The number of nitrogens with one attached hydrogen (secondary N) is 2. The second-order valence-electron chi connectivity index (χ2n) is 4.36. The van der Waals surface area contributed by atoms with Gasteiger partial charge in [0.1, 0.15) is 5.82 Å². The Labute approximate surface area is 119 Å². The summed E-state index contributed by atoms with van der Waals surface area (Å²) >= 11 is 5.68. The zero-order chi connectivity index (χ0) is 14.1. The van der Waals surface area contributed by atoms with Crippen molar-refractivity contribution in [1.29, 1.82) is 0 Å². The molecule has 0 radical (unpaired) electrons. The van der Waals surface area contributed by atoms with Gasteiger partial charge >= 0.3 is 0 Å². The molecule has 1 amide bonds. The van der Waals surface area contributed by atoms with Crippen LogP contribution in [0.5, 0.6) is 0 Å². The fraction of sp³-hybridized carbons (Fsp3) is 0. The summed E-state index contributed by atoms with van der Waals surface area (Å²) in [5.74, 6) is -0.783. The Morgan fingerprint density at radius 2 is 2.00 bits per heavy atom. The maximum absolute atomic E-state index is 13.0. The SMILES string of the molecule is O=C(Nc1ccc(F)c(Cl)c1)c1ccc2[nH]ccc2c1. The fourth-order valence-corrected chi connectivity index (χ4v) is 2.15. The van der Waals surface area contributed by atoms with Gasteiger partial charge in [0.25, 0.3) is 5.91 Å². The number of fused-ring (bicyclic) bond motifs is 1. The molecule has 0 aliphatic carbocycles. The van der Waals surface area contributed by atoms with Crippen LogP contribution in [-0.2, 0) is 0 Å². The number of amides is 1. The number of rotatable bonds is 2. The molecule has 5 heteroatoms. The molecule has 0 unspecified atom stereocenters. The predicted octanol–water partition coefficient (Wildman–Crippen LogP) is 4.21. The van der Waals surface area contributed by atoms with E-state index in [0.717, 1.165) is 10.9 Å². The van der Waals surface area contributed by atoms with Crippen molar-refractivity contribution >= 4 is 34.1 Å². The van der Waals surface area contributed by atoms with Gasteiger partial charge in [0.15, 0.2) is 0 Å². The summed E-state index contributed by atoms with van der Waals surface area (Å²) in [5, 5.41) is 3.61. The highest BCUT2D eigenvalue weighted by Gasteiger charge is 2.08. The first-order valence-electron chi connectivity index (χ1n) is 5.97. The van der Waals surface area contributed by atoms with Crippen molar-refractivity contribution in [2.24, 2.45) is 0 Å². The Morgan fingerprint density at radius 3 is 2.80 bits per heavy atom. The summed E-state index contributed by atoms with van der Waals surface area (Å²) in [5.41, 5.74) is 1.94. The molecule has 0 atom stereocenters. The monoisotopic (exact) mass is 288 g/mol. The van der Waals surface area contributed by atoms with Crippen molar-refractivity contribution < 1.29 is 9.18 Å². The summed E-state index contributed by atoms with van der Waals surface area (Å²) < 4.78 is 13.0. The number of carbonyl (C=O) groups excluding carboxylic acids is 1. The van der Waals surface area contributed by atoms with Gasteiger partial charge in [-0.15, -0.1) is 0 Å². The lowest BCUT2D eigenvalue weighted by Gasteiger charge is -2.06. The average molecular weight is 289 g/mol. The van der Waals surface area contributed by atoms with Gasteiger partial charge in [-0.05, 0) is 42.5 Å². The van der Waals surface area contributed by atoms with E-state index < -0.39 is 5.82 Å². The van der Waals surface area contributed by atoms with Crippen LogP contribution in [0.3, 0.4) is 0 Å². The standard InChI is InChI=1S/C15H10ClFN2O/c16-12-8-11(2-3-13(12)17)19-15(20)10-1-4-14-9(7-10)5-6-18-14/h1-8,18H,(H,19,20). The van der Waals surface area contributed by atoms with Gasteiger partial charge in [-0.1, -0.05) is 11.6 Å². The molecule has 1 aromatic heterocycles. The van der Waals surface area contributed by atoms with Gasteiger partial charge in [0.05, 0.1) is 5.02 Å². The Bertz CT molecular complexity index is 797. The summed E-state index contributed by atoms with van der Waals surface area (Å²) in [6, 6.07) is 11.3. The Hall–Kier alpha value is -2.33. The van der Waals surface area contributed by atoms with E-state index in [2.05, 4.69) is 10.3 Å². The van der Waals surface area contributed by atoms with Crippen LogP contribution in [0.25, 0.3) is 10.9 Å². The average Bonchev–Trinajstić information content (AvgIpc) is 2.90. The molecular formula is C15H10ClFN2O. The Balaban J connectivity index is 1.86. The van der Waals surface area contributed by atoms with Crippen molar-refractivity contribution in [3.63, 3.8) is 0 Å². The number of H-pyrrole nitrogens is 1. The van der Waals surface area contributed by atoms with Crippen LogP contribution in [0.4, 0.5) is 10.1 Å². The first kappa shape index (κ1) is 12.7. The highest BCUT2D eigenvalue weighted by atomic mass is 35.5. The van der Waals surface area contributed by atoms with E-state index in [1.54, 1.807) is 12.1 Å². The molecule has 100 valence electrons. The van der Waals surface area contributed by atoms with Gasteiger partial charge in [0, 0.05) is 28.4 Å². The van der Waals surface area contributed by atoms with Crippen molar-refractivity contribution in [1.82, 2.24) is 4.98 Å². The maximum atomic E-state index is 13.0. The number of aromatic amines is 1. The largest absolute Gasteiger partial charge is 0.361 e. The van der Waals surface area contributed by atoms with Crippen molar-refractivity contribution in [2.45, 2.75) is 0 Å². The Morgan fingerprint density at radius 1 is 1.15 bits per heavy atom. The fourth-order valence-electron chi connectivity index (χ4n) is 1.97. The smallest absolute Gasteiger partial charge is 0.255 e. The lowest BCUT2D eigenvalue weighted by Crippen LogP contribution is -2.11. The molecule has 0 saturated carbocycles. The summed E-state index contributed by atoms with van der Waals surface area (Å²) in [7, 11) is 0. The van der Waals surface area contributed by atoms with Gasteiger partial charge in [-0.25, -0.2) is 4.39 Å². The van der Waals surface area contributed by atoms with Crippen LogP contribution in [0.15, 0.2) is 48.7 Å². The lowest BCUT2D eigenvalue weighted by atomic mass is 10.1. The van der Waals surface area contributed by atoms with Crippen LogP contribution in [-0.4, -0.2) is 10.9 Å². The van der Waals surface area contributed by atoms with Crippen LogP contribution >= 0.6 is 11.6 Å². The molecule has 3 rings (SSSR count). The summed E-state index contributed by atoms with van der Waals surface area (Å²) in [6.45, 7) is 0. The molecule has 1 heterocycles. The van der Waals surface area contributed by atoms with E-state index in [1.165, 1.54) is 18.2 Å². The third-order valence-corrected chi connectivity index (χ3v) is 3.28. The van der Waals surface area contributed by atoms with E-state index in [-0.39, 0.29) is 10.9 Å². The van der Waals surface area contributed by atoms with Crippen LogP contribution in [0.2, 0.25) is 5.02 Å². The van der Waals surface area contributed by atoms with Gasteiger partial charge in [-0.3, -0.25) is 4.79 Å². The molecule has 20 heavy (non-hydrogen) atoms. The van der Waals surface area contributed by atoms with Gasteiger partial charge < -0.3 is 10.3 Å². The second kappa shape index (κ2) is 4.98. The maximum Gasteiger partial charge on any atom is 0.255 e. The molecule has 3 aromatic rings. The minimum absolute atomic E-state index is 0.0242. The van der Waals surface area contributed by atoms with Crippen molar-refractivity contribution in [3.8, 4) is 0 Å². The van der Waals surface area contributed by atoms with Crippen LogP contribution < -0.4 is 5.32 Å². The molecule has 0 fully saturated rings. The van der Waals surface area contributed by atoms with Crippen molar-refractivity contribution in [2.75, 3.05) is 5.32 Å². The quantitative estimate of drug-likeness (QED) is 0.729. The molecule has 2 N–H and O–H groups in total. The second-order valence-corrected chi connectivity index (χ2v) is 4.77. The minimum atomic E-state index is -0.515. The highest BCUT2D eigenvalue weighted by Crippen LogP contribution is 2.20. The molecule has 0 aliphatic heterocycles. The first-order valence-corrected chi connectivity index (χ1v) is 6.35. The number of aromatic nitrogens is 1. The summed E-state index contributed by atoms with van der Waals surface area (Å²) in [6.07, 6.45) is 1.81. The number of anilines is 1. The molecular weight excluding hydrogens is 279 g/mol. The lowest BCUT2D eigenvalue weighted by molar-refractivity contribution is 0.102. The molecule has 0 spiro atoms. The number of benzene rings is 2. The Kier molecular flexibility index (Phi) is 3.16. The minimum Gasteiger partial charge on any atom is -0.361 e. The molecule has 0 bridgehead atoms. The third-order valence-electron chi connectivity index (χ3n) is 2.99. The molecule has 3 nitrogen and oxygen atoms in total. The zero-order valence-corrected chi connectivity index (χ0v) is 11.0. The van der Waals surface area contributed by atoms with E-state index >= 15 is 0 Å². The van der Waals surface area contributed by atoms with E-state index in [0.29, 0.717) is 11.3 Å². The highest BCUT2D eigenvalue weighted by molar-refractivity contribution is 6.31. The van der Waals surface area contributed by atoms with E-state index in [9.17, 15) is 9.18 Å². The third kappa shape index (κ3) is 2.38. The normalized spacial score (nSPS) is 10.7. The van der Waals surface area contributed by atoms with E-state index in [1.807, 2.05) is 18.3 Å². The number of halogens is 2. The van der Waals surface area contributed by atoms with Crippen LogP contribution in [0.1, 0.15) is 10.4 Å². The molecule has 0 aliphatic rings. The topological polar surface area (TPSA) is 44.9 Å². The predicted molar refractivity (Wildman–Crippen MR) is 77.7 cm³/mol. The van der Waals surface area contributed by atoms with Gasteiger partial charge in [-0.2, -0.15) is 0 Å². The number of hydrogen-bond donors (Lipinski definition) is 2. The number of hydrogen-bond acceptors (Lipinski definition) is 1. The number of carbonyl (C=O) groups is 1. The zero-order valence-electron chi connectivity index (χ0n) is 10.3. The van der Waals surface area contributed by atoms with Gasteiger partial charge in [0.2, 0.25) is 0 Å². The first-order chi connectivity index (χ1) is 9.63. The molecule has 0 saturated heterocycles. The summed E-state index contributed by atoms with van der Waals surface area (Å²) in [4.78, 5) is 15.2. The van der Waals surface area contributed by atoms with Crippen molar-refractivity contribution in [3.05, 3.63) is 65.1 Å².